The van der Waals surface area contributed by atoms with Crippen LogP contribution < -0.4 is 4.90 Å². The van der Waals surface area contributed by atoms with E-state index in [0.29, 0.717) is 0 Å². The predicted molar refractivity (Wildman–Crippen MR) is 72.0 cm³/mol. The molecule has 0 spiro atoms. The molecule has 1 heterocycles. The topological polar surface area (TPSA) is 27.0 Å². The Morgan fingerprint density at radius 3 is 2.88 bits per heavy atom. The molecule has 0 aromatic carbocycles. The van der Waals surface area contributed by atoms with Crippen LogP contribution in [-0.4, -0.2) is 13.1 Å². The fourth-order valence-corrected chi connectivity index (χ4v) is 3.33. The van der Waals surface area contributed by atoms with Gasteiger partial charge in [-0.3, -0.25) is 0 Å². The fraction of sp³-hybridized carbons (Fsp3) is 0.583. The molecule has 0 radical (unpaired) electrons. The van der Waals surface area contributed by atoms with E-state index in [1.165, 1.54) is 17.8 Å². The average Bonchev–Trinajstić information content (AvgIpc) is 3.00. The van der Waals surface area contributed by atoms with E-state index < -0.39 is 0 Å². The molecule has 4 heteroatoms. The average molecular weight is 299 g/mol. The Hall–Kier alpha value is -0.530. The van der Waals surface area contributed by atoms with Gasteiger partial charge in [0.15, 0.2) is 0 Å². The zero-order valence-electron chi connectivity index (χ0n) is 9.37. The molecular weight excluding hydrogens is 284 g/mol. The maximum Gasteiger partial charge on any atom is 0.101 e. The van der Waals surface area contributed by atoms with Gasteiger partial charge >= 0.3 is 0 Å². The summed E-state index contributed by atoms with van der Waals surface area (Å²) in [5.41, 5.74) is 0.761. The van der Waals surface area contributed by atoms with Crippen LogP contribution in [0.3, 0.4) is 0 Å². The Balaban J connectivity index is 2.13. The van der Waals surface area contributed by atoms with E-state index in [-0.39, 0.29) is 0 Å². The number of thiophene rings is 1. The minimum Gasteiger partial charge on any atom is -0.363 e. The van der Waals surface area contributed by atoms with Crippen LogP contribution in [0.5, 0.6) is 0 Å². The van der Waals surface area contributed by atoms with Gasteiger partial charge in [-0.2, -0.15) is 5.26 Å². The molecule has 86 valence electrons. The first-order valence-electron chi connectivity index (χ1n) is 5.69. The number of hydrogen-bond donors (Lipinski definition) is 0. The van der Waals surface area contributed by atoms with Crippen molar-refractivity contribution in [3.63, 3.8) is 0 Å². The number of anilines is 1. The minimum absolute atomic E-state index is 0.761. The summed E-state index contributed by atoms with van der Waals surface area (Å²) in [6, 6.07) is 4.23. The highest BCUT2D eigenvalue weighted by atomic mass is 79.9. The second kappa shape index (κ2) is 5.20. The lowest BCUT2D eigenvalue weighted by molar-refractivity contribution is 0.713. The summed E-state index contributed by atoms with van der Waals surface area (Å²) in [6.45, 7) is 4.45. The first kappa shape index (κ1) is 11.9. The molecule has 16 heavy (non-hydrogen) atoms. The van der Waals surface area contributed by atoms with Crippen LogP contribution in [0.4, 0.5) is 5.00 Å². The van der Waals surface area contributed by atoms with Crippen LogP contribution in [0, 0.1) is 17.2 Å². The molecule has 0 saturated heterocycles. The minimum atomic E-state index is 0.761. The lowest BCUT2D eigenvalue weighted by Gasteiger charge is -2.22. The van der Waals surface area contributed by atoms with E-state index >= 15 is 0 Å². The van der Waals surface area contributed by atoms with Crippen molar-refractivity contribution in [2.24, 2.45) is 5.92 Å². The zero-order valence-corrected chi connectivity index (χ0v) is 11.8. The molecule has 2 nitrogen and oxygen atoms in total. The molecule has 0 atom stereocenters. The normalized spacial score (nSPS) is 14.8. The summed E-state index contributed by atoms with van der Waals surface area (Å²) in [6.07, 6.45) is 3.90. The van der Waals surface area contributed by atoms with Gasteiger partial charge in [-0.05, 0) is 47.2 Å². The number of nitriles is 1. The van der Waals surface area contributed by atoms with Gasteiger partial charge in [0.1, 0.15) is 6.07 Å². The van der Waals surface area contributed by atoms with Crippen LogP contribution >= 0.6 is 27.3 Å². The van der Waals surface area contributed by atoms with Crippen molar-refractivity contribution in [1.29, 1.82) is 5.26 Å². The van der Waals surface area contributed by atoms with Crippen LogP contribution in [0.1, 0.15) is 31.7 Å². The second-order valence-corrected chi connectivity index (χ2v) is 6.62. The van der Waals surface area contributed by atoms with Gasteiger partial charge in [-0.15, -0.1) is 11.3 Å². The smallest absolute Gasteiger partial charge is 0.101 e. The standard InChI is InChI=1S/C12H15BrN2S/c1-2-5-15(8-9-3-4-9)11-6-10(7-14)12(13)16-11/h6,9H,2-5,8H2,1H3. The zero-order chi connectivity index (χ0) is 11.5. The first-order chi connectivity index (χ1) is 7.74. The van der Waals surface area contributed by atoms with E-state index in [1.54, 1.807) is 11.3 Å². The maximum absolute atomic E-state index is 8.95. The molecule has 0 N–H and O–H groups in total. The Morgan fingerprint density at radius 1 is 1.62 bits per heavy atom. The molecule has 1 aliphatic rings. The number of rotatable bonds is 5. The summed E-state index contributed by atoms with van der Waals surface area (Å²) >= 11 is 5.12. The number of nitrogens with zero attached hydrogens (tertiary/aromatic N) is 2. The summed E-state index contributed by atoms with van der Waals surface area (Å²) in [4.78, 5) is 2.42. The molecule has 0 amide bonds. The summed E-state index contributed by atoms with van der Waals surface area (Å²) in [7, 11) is 0. The van der Waals surface area contributed by atoms with Crippen LogP contribution in [0.2, 0.25) is 0 Å². The van der Waals surface area contributed by atoms with Crippen molar-refractivity contribution in [3.8, 4) is 6.07 Å². The van der Waals surface area contributed by atoms with Gasteiger partial charge in [0.2, 0.25) is 0 Å². The van der Waals surface area contributed by atoms with Gasteiger partial charge in [0.25, 0.3) is 0 Å². The van der Waals surface area contributed by atoms with Crippen LogP contribution in [0.25, 0.3) is 0 Å². The molecule has 1 fully saturated rings. The quantitative estimate of drug-likeness (QED) is 0.821. The third-order valence-corrected chi connectivity index (χ3v) is 4.67. The van der Waals surface area contributed by atoms with E-state index in [1.807, 2.05) is 6.07 Å². The highest BCUT2D eigenvalue weighted by Gasteiger charge is 2.25. The van der Waals surface area contributed by atoms with Crippen molar-refractivity contribution >= 4 is 32.3 Å². The molecule has 1 aromatic heterocycles. The van der Waals surface area contributed by atoms with Crippen molar-refractivity contribution in [3.05, 3.63) is 15.4 Å². The predicted octanol–water partition coefficient (Wildman–Crippen LogP) is 4.01. The van der Waals surface area contributed by atoms with E-state index in [0.717, 1.165) is 34.8 Å². The van der Waals surface area contributed by atoms with Gasteiger partial charge in [0, 0.05) is 13.1 Å². The third-order valence-electron chi connectivity index (χ3n) is 2.77. The first-order valence-corrected chi connectivity index (χ1v) is 7.30. The van der Waals surface area contributed by atoms with E-state index in [2.05, 4.69) is 33.8 Å². The molecule has 0 bridgehead atoms. The van der Waals surface area contributed by atoms with Gasteiger partial charge in [-0.1, -0.05) is 6.92 Å². The summed E-state index contributed by atoms with van der Waals surface area (Å²) in [5.74, 6) is 0.887. The Labute approximate surface area is 109 Å². The summed E-state index contributed by atoms with van der Waals surface area (Å²) in [5, 5.41) is 10.2. The molecule has 1 saturated carbocycles. The largest absolute Gasteiger partial charge is 0.363 e. The lowest BCUT2D eigenvalue weighted by atomic mass is 10.3. The SMILES string of the molecule is CCCN(CC1CC1)c1cc(C#N)c(Br)s1. The number of hydrogen-bond acceptors (Lipinski definition) is 3. The second-order valence-electron chi connectivity index (χ2n) is 4.27. The van der Waals surface area contributed by atoms with E-state index in [9.17, 15) is 0 Å². The molecule has 0 aliphatic heterocycles. The number of halogens is 1. The van der Waals surface area contributed by atoms with Crippen molar-refractivity contribution in [2.75, 3.05) is 18.0 Å². The van der Waals surface area contributed by atoms with Crippen molar-refractivity contribution in [1.82, 2.24) is 0 Å². The Kier molecular flexibility index (Phi) is 3.88. The molecule has 2 rings (SSSR count). The van der Waals surface area contributed by atoms with Crippen LogP contribution in [0.15, 0.2) is 9.85 Å². The van der Waals surface area contributed by atoms with E-state index in [4.69, 9.17) is 5.26 Å². The van der Waals surface area contributed by atoms with Gasteiger partial charge in [-0.25, -0.2) is 0 Å². The van der Waals surface area contributed by atoms with Gasteiger partial charge < -0.3 is 4.90 Å². The third kappa shape index (κ3) is 2.78. The highest BCUT2D eigenvalue weighted by molar-refractivity contribution is 9.11. The molecular formula is C12H15BrN2S. The van der Waals surface area contributed by atoms with Crippen LogP contribution in [-0.2, 0) is 0 Å². The summed E-state index contributed by atoms with van der Waals surface area (Å²) < 4.78 is 0.960. The fourth-order valence-electron chi connectivity index (χ4n) is 1.76. The van der Waals surface area contributed by atoms with Gasteiger partial charge in [0.05, 0.1) is 14.4 Å². The Bertz CT molecular complexity index is 404. The lowest BCUT2D eigenvalue weighted by Crippen LogP contribution is -2.25. The molecule has 1 aromatic rings. The van der Waals surface area contributed by atoms with Crippen molar-refractivity contribution < 1.29 is 0 Å². The molecule has 1 aliphatic carbocycles. The highest BCUT2D eigenvalue weighted by Crippen LogP contribution is 2.37. The molecule has 0 unspecified atom stereocenters. The Morgan fingerprint density at radius 2 is 2.38 bits per heavy atom. The maximum atomic E-state index is 8.95. The van der Waals surface area contributed by atoms with Crippen molar-refractivity contribution in [2.45, 2.75) is 26.2 Å². The monoisotopic (exact) mass is 298 g/mol.